The molecule has 4 aromatic rings. The van der Waals surface area contributed by atoms with Gasteiger partial charge in [-0.05, 0) is 73.5 Å². The van der Waals surface area contributed by atoms with Gasteiger partial charge in [-0.25, -0.2) is 4.39 Å². The van der Waals surface area contributed by atoms with E-state index in [2.05, 4.69) is 43.0 Å². The van der Waals surface area contributed by atoms with Gasteiger partial charge in [-0.2, -0.15) is 0 Å². The summed E-state index contributed by atoms with van der Waals surface area (Å²) in [4.78, 5) is 32.6. The Labute approximate surface area is 245 Å². The average Bonchev–Trinajstić information content (AvgIpc) is 3.00. The van der Waals surface area contributed by atoms with Crippen LogP contribution >= 0.6 is 0 Å². The average molecular weight is 562 g/mol. The van der Waals surface area contributed by atoms with E-state index in [0.29, 0.717) is 35.7 Å². The third-order valence-corrected chi connectivity index (χ3v) is 7.82. The lowest BCUT2D eigenvalue weighted by Crippen LogP contribution is -2.53. The van der Waals surface area contributed by atoms with Crippen molar-refractivity contribution in [2.24, 2.45) is 0 Å². The highest BCUT2D eigenvalue weighted by molar-refractivity contribution is 6.09. The van der Waals surface area contributed by atoms with E-state index in [-0.39, 0.29) is 36.0 Å². The second-order valence-electron chi connectivity index (χ2n) is 10.8. The van der Waals surface area contributed by atoms with Crippen molar-refractivity contribution in [1.29, 1.82) is 0 Å². The summed E-state index contributed by atoms with van der Waals surface area (Å²) in [6.45, 7) is 6.36. The maximum Gasteiger partial charge on any atom is 0.294 e. The zero-order chi connectivity index (χ0) is 29.2. The molecule has 0 saturated carbocycles. The molecular weight excluding hydrogens is 529 g/mol. The minimum Gasteiger partial charge on any atom is -0.449 e. The zero-order valence-corrected chi connectivity index (χ0v) is 23.7. The smallest absolute Gasteiger partial charge is 0.294 e. The topological polar surface area (TPSA) is 53.1 Å². The number of nitrogens with zero attached hydrogens (tertiary/aromatic N) is 3. The maximum atomic E-state index is 14.4. The quantitative estimate of drug-likeness (QED) is 0.263. The van der Waals surface area contributed by atoms with Crippen LogP contribution in [0.3, 0.4) is 0 Å². The molecule has 42 heavy (non-hydrogen) atoms. The van der Waals surface area contributed by atoms with Crippen LogP contribution in [0.4, 0.5) is 15.8 Å². The van der Waals surface area contributed by atoms with E-state index in [4.69, 9.17) is 4.74 Å². The van der Waals surface area contributed by atoms with Crippen molar-refractivity contribution in [3.05, 3.63) is 131 Å². The van der Waals surface area contributed by atoms with Crippen LogP contribution in [0, 0.1) is 12.7 Å². The Morgan fingerprint density at radius 3 is 2.48 bits per heavy atom. The SMILES string of the molecule is Cc1cccc(N2CCN(C(=O)c3ccc(/C=C4\Oc5ccccc5N(Cc5ccccc5F)C4=O)cc3)C[C@H]2C)c1. The van der Waals surface area contributed by atoms with Crippen molar-refractivity contribution >= 4 is 29.3 Å². The number of fused-ring (bicyclic) bond motifs is 1. The number of benzene rings is 4. The minimum atomic E-state index is -0.369. The molecule has 6 nitrogen and oxygen atoms in total. The fourth-order valence-corrected chi connectivity index (χ4v) is 5.60. The van der Waals surface area contributed by atoms with Crippen LogP contribution in [0.1, 0.15) is 34.0 Å². The van der Waals surface area contributed by atoms with E-state index in [1.165, 1.54) is 22.2 Å². The number of para-hydroxylation sites is 2. The van der Waals surface area contributed by atoms with Gasteiger partial charge in [0.25, 0.3) is 11.8 Å². The lowest BCUT2D eigenvalue weighted by atomic mass is 10.1. The van der Waals surface area contributed by atoms with E-state index in [0.717, 1.165) is 12.1 Å². The summed E-state index contributed by atoms with van der Waals surface area (Å²) in [5.74, 6) is -0.0980. The third-order valence-electron chi connectivity index (χ3n) is 7.82. The van der Waals surface area contributed by atoms with Gasteiger partial charge in [0.15, 0.2) is 11.5 Å². The van der Waals surface area contributed by atoms with Gasteiger partial charge in [0.1, 0.15) is 5.82 Å². The highest BCUT2D eigenvalue weighted by Gasteiger charge is 2.31. The first kappa shape index (κ1) is 27.3. The molecule has 4 aromatic carbocycles. The van der Waals surface area contributed by atoms with Crippen molar-refractivity contribution in [3.63, 3.8) is 0 Å². The van der Waals surface area contributed by atoms with E-state index >= 15 is 0 Å². The number of ether oxygens (including phenoxy) is 1. The van der Waals surface area contributed by atoms with Gasteiger partial charge in [0, 0.05) is 42.5 Å². The molecule has 6 rings (SSSR count). The van der Waals surface area contributed by atoms with E-state index < -0.39 is 0 Å². The second-order valence-corrected chi connectivity index (χ2v) is 10.8. The molecular formula is C35H32FN3O3. The summed E-state index contributed by atoms with van der Waals surface area (Å²) in [5.41, 5.74) is 4.71. The lowest BCUT2D eigenvalue weighted by molar-refractivity contribution is -0.117. The van der Waals surface area contributed by atoms with E-state index in [1.54, 1.807) is 48.5 Å². The van der Waals surface area contributed by atoms with Crippen molar-refractivity contribution in [3.8, 4) is 5.75 Å². The predicted molar refractivity (Wildman–Crippen MR) is 163 cm³/mol. The Morgan fingerprint density at radius 2 is 1.71 bits per heavy atom. The first-order valence-corrected chi connectivity index (χ1v) is 14.1. The van der Waals surface area contributed by atoms with Crippen molar-refractivity contribution in [2.45, 2.75) is 26.4 Å². The number of hydrogen-bond acceptors (Lipinski definition) is 4. The fraction of sp³-hybridized carbons (Fsp3) is 0.200. The number of halogens is 1. The van der Waals surface area contributed by atoms with Gasteiger partial charge in [-0.15, -0.1) is 0 Å². The highest BCUT2D eigenvalue weighted by atomic mass is 19.1. The molecule has 1 saturated heterocycles. The van der Waals surface area contributed by atoms with Gasteiger partial charge in [-0.1, -0.05) is 54.6 Å². The summed E-state index contributed by atoms with van der Waals surface area (Å²) >= 11 is 0. The Morgan fingerprint density at radius 1 is 0.952 bits per heavy atom. The normalized spacial score (nSPS) is 17.7. The van der Waals surface area contributed by atoms with Gasteiger partial charge < -0.3 is 14.5 Å². The molecule has 2 aliphatic rings. The molecule has 0 unspecified atom stereocenters. The van der Waals surface area contributed by atoms with Crippen molar-refractivity contribution < 1.29 is 18.7 Å². The number of anilines is 2. The molecule has 2 amide bonds. The molecule has 1 fully saturated rings. The fourth-order valence-electron chi connectivity index (χ4n) is 5.60. The van der Waals surface area contributed by atoms with E-state index in [1.807, 2.05) is 29.2 Å². The first-order chi connectivity index (χ1) is 20.4. The summed E-state index contributed by atoms with van der Waals surface area (Å²) in [6, 6.07) is 29.5. The number of piperazine rings is 1. The largest absolute Gasteiger partial charge is 0.449 e. The van der Waals surface area contributed by atoms with Crippen LogP contribution in [-0.2, 0) is 11.3 Å². The third kappa shape index (κ3) is 5.50. The first-order valence-electron chi connectivity index (χ1n) is 14.1. The molecule has 0 bridgehead atoms. The summed E-state index contributed by atoms with van der Waals surface area (Å²) < 4.78 is 20.4. The van der Waals surface area contributed by atoms with Gasteiger partial charge in [0.05, 0.1) is 12.2 Å². The predicted octanol–water partition coefficient (Wildman–Crippen LogP) is 6.45. The van der Waals surface area contributed by atoms with Crippen LogP contribution in [-0.4, -0.2) is 42.4 Å². The molecule has 0 radical (unpaired) electrons. The van der Waals surface area contributed by atoms with Gasteiger partial charge >= 0.3 is 0 Å². The molecule has 2 heterocycles. The number of rotatable bonds is 5. The molecule has 2 aliphatic heterocycles. The molecule has 1 atom stereocenters. The Bertz CT molecular complexity index is 1670. The monoisotopic (exact) mass is 561 g/mol. The summed E-state index contributed by atoms with van der Waals surface area (Å²) in [6.07, 6.45) is 1.66. The van der Waals surface area contributed by atoms with Crippen molar-refractivity contribution in [1.82, 2.24) is 4.90 Å². The summed E-state index contributed by atoms with van der Waals surface area (Å²) in [5, 5.41) is 0. The maximum absolute atomic E-state index is 14.4. The van der Waals surface area contributed by atoms with Crippen LogP contribution in [0.15, 0.2) is 103 Å². The number of aryl methyl sites for hydroxylation is 1. The standard InChI is InChI=1S/C35H32FN3O3/c1-24-8-7-10-29(20-24)38-19-18-37(22-25(38)2)34(40)27-16-14-26(15-17-27)21-33-35(41)39(23-28-9-3-4-11-30(28)36)31-12-5-6-13-32(31)42-33/h3-17,20-21,25H,18-19,22-23H2,1-2H3/b33-21-/t25-/m1/s1. The Balaban J connectivity index is 1.17. The molecule has 0 spiro atoms. The molecule has 212 valence electrons. The number of carbonyl (C=O) groups excluding carboxylic acids is 2. The van der Waals surface area contributed by atoms with Crippen LogP contribution in [0.5, 0.6) is 5.75 Å². The molecule has 0 aromatic heterocycles. The van der Waals surface area contributed by atoms with Crippen LogP contribution in [0.2, 0.25) is 0 Å². The number of amides is 2. The molecule has 0 N–H and O–H groups in total. The van der Waals surface area contributed by atoms with Crippen molar-refractivity contribution in [2.75, 3.05) is 29.4 Å². The molecule has 0 aliphatic carbocycles. The lowest BCUT2D eigenvalue weighted by Gasteiger charge is -2.41. The Hall–Kier alpha value is -4.91. The minimum absolute atomic E-state index is 0.0140. The number of carbonyl (C=O) groups is 2. The van der Waals surface area contributed by atoms with Crippen LogP contribution in [0.25, 0.3) is 6.08 Å². The second kappa shape index (κ2) is 11.5. The zero-order valence-electron chi connectivity index (χ0n) is 23.7. The van der Waals surface area contributed by atoms with Crippen LogP contribution < -0.4 is 14.5 Å². The molecule has 7 heteroatoms. The Kier molecular flexibility index (Phi) is 7.48. The number of hydrogen-bond donors (Lipinski definition) is 0. The van der Waals surface area contributed by atoms with E-state index in [9.17, 15) is 14.0 Å². The van der Waals surface area contributed by atoms with Gasteiger partial charge in [0.2, 0.25) is 0 Å². The highest BCUT2D eigenvalue weighted by Crippen LogP contribution is 2.37. The van der Waals surface area contributed by atoms with Gasteiger partial charge in [-0.3, -0.25) is 14.5 Å². The summed E-state index contributed by atoms with van der Waals surface area (Å²) in [7, 11) is 0.